The van der Waals surface area contributed by atoms with Crippen molar-refractivity contribution >= 4 is 31.0 Å². The van der Waals surface area contributed by atoms with Crippen molar-refractivity contribution in [2.75, 3.05) is 0 Å². The molecule has 0 amide bonds. The van der Waals surface area contributed by atoms with Gasteiger partial charge in [-0.25, -0.2) is 8.42 Å². The SMILES string of the molecule is CCc1ccc(OS(=O)(=O)C(F)(F)C(F)(F)C(F)(F)S(=O)(=O)[N-]C(F)(F)F)cc1.c1ccc([S+](c2ccccc2)c2ccccc2)cc1. The molecular formula is C30H24F9NO5S3. The van der Waals surface area contributed by atoms with Gasteiger partial charge in [0.2, 0.25) is 0 Å². The van der Waals surface area contributed by atoms with Gasteiger partial charge in [0.25, 0.3) is 0 Å². The quantitative estimate of drug-likeness (QED) is 0.0663. The molecule has 0 unspecified atom stereocenters. The van der Waals surface area contributed by atoms with Gasteiger partial charge in [0, 0.05) is 0 Å². The lowest BCUT2D eigenvalue weighted by atomic mass is 10.2. The molecule has 0 aromatic heterocycles. The molecule has 18 heteroatoms. The molecule has 0 saturated heterocycles. The first-order valence-corrected chi connectivity index (χ1v) is 17.4. The van der Waals surface area contributed by atoms with E-state index < -0.39 is 48.6 Å². The van der Waals surface area contributed by atoms with Gasteiger partial charge >= 0.3 is 32.9 Å². The Kier molecular flexibility index (Phi) is 11.9. The zero-order valence-corrected chi connectivity index (χ0v) is 26.7. The van der Waals surface area contributed by atoms with E-state index in [-0.39, 0.29) is 10.9 Å². The Bertz CT molecular complexity index is 1750. The molecule has 0 saturated carbocycles. The van der Waals surface area contributed by atoms with Crippen LogP contribution >= 0.6 is 0 Å². The van der Waals surface area contributed by atoms with Crippen molar-refractivity contribution < 1.29 is 60.5 Å². The van der Waals surface area contributed by atoms with E-state index in [4.69, 9.17) is 0 Å². The molecule has 0 atom stereocenters. The third-order valence-corrected chi connectivity index (χ3v) is 10.9. The normalized spacial score (nSPS) is 13.1. The van der Waals surface area contributed by atoms with Gasteiger partial charge in [-0.15, -0.1) is 0 Å². The third kappa shape index (κ3) is 8.64. The van der Waals surface area contributed by atoms with Crippen LogP contribution in [0.2, 0.25) is 0 Å². The second-order valence-electron chi connectivity index (χ2n) is 9.42. The fourth-order valence-electron chi connectivity index (χ4n) is 3.72. The fraction of sp³-hybridized carbons (Fsp3) is 0.200. The first-order chi connectivity index (χ1) is 22.2. The highest BCUT2D eigenvalue weighted by Gasteiger charge is 2.81. The highest BCUT2D eigenvalue weighted by molar-refractivity contribution is 7.97. The topological polar surface area (TPSA) is 91.6 Å². The van der Waals surface area contributed by atoms with Crippen molar-refractivity contribution in [3.05, 3.63) is 126 Å². The number of aryl methyl sites for hydroxylation is 1. The van der Waals surface area contributed by atoms with E-state index in [1.807, 2.05) is 0 Å². The van der Waals surface area contributed by atoms with Crippen LogP contribution in [0.15, 0.2) is 130 Å². The fourth-order valence-corrected chi connectivity index (χ4v) is 7.64. The molecule has 0 aliphatic heterocycles. The van der Waals surface area contributed by atoms with E-state index in [2.05, 4.69) is 95.2 Å². The van der Waals surface area contributed by atoms with E-state index >= 15 is 0 Å². The maximum absolute atomic E-state index is 13.7. The van der Waals surface area contributed by atoms with Crippen LogP contribution in [0.4, 0.5) is 39.5 Å². The molecule has 6 nitrogen and oxygen atoms in total. The predicted octanol–water partition coefficient (Wildman–Crippen LogP) is 8.78. The number of hydrogen-bond donors (Lipinski definition) is 0. The smallest absolute Gasteiger partial charge is 0.450 e. The van der Waals surface area contributed by atoms with Gasteiger partial charge in [0.1, 0.15) is 5.75 Å². The van der Waals surface area contributed by atoms with Crippen LogP contribution in [0.5, 0.6) is 5.75 Å². The summed E-state index contributed by atoms with van der Waals surface area (Å²) in [4.78, 5) is 4.08. The average Bonchev–Trinajstić information content (AvgIpc) is 3.02. The lowest BCUT2D eigenvalue weighted by Gasteiger charge is -2.35. The first-order valence-electron chi connectivity index (χ1n) is 13.3. The summed E-state index contributed by atoms with van der Waals surface area (Å²) in [5.74, 6) is -8.45. The van der Waals surface area contributed by atoms with Gasteiger partial charge in [-0.05, 0) is 60.5 Å². The molecule has 4 aromatic rings. The second-order valence-corrected chi connectivity index (χ2v) is 14.7. The number of benzene rings is 4. The number of rotatable bonds is 11. The number of sulfonamides is 1. The monoisotopic (exact) mass is 745 g/mol. The minimum absolute atomic E-state index is 0.0146. The Morgan fingerprint density at radius 3 is 1.29 bits per heavy atom. The summed E-state index contributed by atoms with van der Waals surface area (Å²) >= 11 is 0. The van der Waals surface area contributed by atoms with E-state index in [0.29, 0.717) is 28.8 Å². The van der Waals surface area contributed by atoms with Crippen LogP contribution in [0, 0.1) is 0 Å². The number of nitrogens with zero attached hydrogens (tertiary/aromatic N) is 1. The van der Waals surface area contributed by atoms with E-state index in [0.717, 1.165) is 12.1 Å². The van der Waals surface area contributed by atoms with Crippen LogP contribution in [0.25, 0.3) is 4.72 Å². The lowest BCUT2D eigenvalue weighted by molar-refractivity contribution is -0.245. The van der Waals surface area contributed by atoms with Crippen molar-refractivity contribution in [2.24, 2.45) is 0 Å². The van der Waals surface area contributed by atoms with Gasteiger partial charge in [-0.2, -0.15) is 47.9 Å². The molecule has 0 heterocycles. The first kappa shape index (κ1) is 38.7. The Balaban J connectivity index is 0.000000281. The maximum atomic E-state index is 13.7. The summed E-state index contributed by atoms with van der Waals surface area (Å²) in [6, 6.07) is 35.7. The van der Waals surface area contributed by atoms with Gasteiger partial charge in [-0.3, -0.25) is 0 Å². The van der Waals surface area contributed by atoms with Crippen LogP contribution < -0.4 is 4.18 Å². The number of halogens is 9. The Morgan fingerprint density at radius 2 is 0.958 bits per heavy atom. The van der Waals surface area contributed by atoms with Gasteiger partial charge in [0.15, 0.2) is 24.7 Å². The van der Waals surface area contributed by atoms with Crippen LogP contribution in [-0.4, -0.2) is 39.6 Å². The summed E-state index contributed by atoms with van der Waals surface area (Å²) in [5.41, 5.74) is 0.498. The van der Waals surface area contributed by atoms with E-state index in [1.54, 1.807) is 6.92 Å². The predicted molar refractivity (Wildman–Crippen MR) is 160 cm³/mol. The number of hydrogen-bond acceptors (Lipinski definition) is 5. The minimum Gasteiger partial charge on any atom is -0.452 e. The summed E-state index contributed by atoms with van der Waals surface area (Å²) in [6.07, 6.45) is -6.00. The number of alkyl halides is 9. The van der Waals surface area contributed by atoms with Crippen molar-refractivity contribution in [1.29, 1.82) is 0 Å². The lowest BCUT2D eigenvalue weighted by Crippen LogP contribution is -2.61. The van der Waals surface area contributed by atoms with Gasteiger partial charge in [-0.1, -0.05) is 73.7 Å². The summed E-state index contributed by atoms with van der Waals surface area (Å²) in [6.45, 7) is 1.62. The minimum atomic E-state index is -7.68. The van der Waals surface area contributed by atoms with Crippen molar-refractivity contribution in [2.45, 2.75) is 50.8 Å². The van der Waals surface area contributed by atoms with Crippen molar-refractivity contribution in [3.63, 3.8) is 0 Å². The molecule has 0 aliphatic carbocycles. The second kappa shape index (κ2) is 14.8. The summed E-state index contributed by atoms with van der Waals surface area (Å²) < 4.78 is 166. The summed E-state index contributed by atoms with van der Waals surface area (Å²) in [7, 11) is -14.7. The zero-order valence-electron chi connectivity index (χ0n) is 24.3. The van der Waals surface area contributed by atoms with Gasteiger partial charge < -0.3 is 8.91 Å². The van der Waals surface area contributed by atoms with Crippen LogP contribution in [0.1, 0.15) is 12.5 Å². The van der Waals surface area contributed by atoms with Crippen molar-refractivity contribution in [3.8, 4) is 5.75 Å². The average molecular weight is 746 g/mol. The standard InChI is InChI=1S/C18H15S.C12H9F9NO5S2/c1-4-10-16(11-5-1)19(17-12-6-2-7-13-17)18-14-8-3-9-15-18;1-2-7-3-5-8(6-4-7)27-29(25,26)11(17,18)9(13,14)10(15,16)28(23,24)22-12(19,20)21/h1-15H;3-6H,2H2,1H3/q+1;-1. The molecule has 0 bridgehead atoms. The molecule has 0 fully saturated rings. The Labute approximate surface area is 273 Å². The highest BCUT2D eigenvalue weighted by atomic mass is 32.2. The molecule has 48 heavy (non-hydrogen) atoms. The van der Waals surface area contributed by atoms with Crippen LogP contribution in [-0.2, 0) is 37.5 Å². The van der Waals surface area contributed by atoms with E-state index in [1.165, 1.54) is 14.7 Å². The molecule has 260 valence electrons. The summed E-state index contributed by atoms with van der Waals surface area (Å²) in [5, 5.41) is -14.3. The Hall–Kier alpha value is -3.74. The van der Waals surface area contributed by atoms with Crippen LogP contribution in [0.3, 0.4) is 0 Å². The zero-order chi connectivity index (χ0) is 36.0. The largest absolute Gasteiger partial charge is 0.452 e. The molecule has 4 aromatic carbocycles. The molecule has 0 radical (unpaired) electrons. The molecular weight excluding hydrogens is 722 g/mol. The third-order valence-electron chi connectivity index (χ3n) is 6.07. The molecule has 4 rings (SSSR count). The molecule has 0 aliphatic rings. The molecule has 0 spiro atoms. The maximum Gasteiger partial charge on any atom is 0.450 e. The highest BCUT2D eigenvalue weighted by Crippen LogP contribution is 2.53. The van der Waals surface area contributed by atoms with Gasteiger partial charge in [0.05, 0.1) is 10.9 Å². The van der Waals surface area contributed by atoms with E-state index in [9.17, 15) is 56.3 Å². The molecule has 0 N–H and O–H groups in total. The van der Waals surface area contributed by atoms with Crippen molar-refractivity contribution in [1.82, 2.24) is 0 Å². The Morgan fingerprint density at radius 1 is 0.583 bits per heavy atom.